The lowest BCUT2D eigenvalue weighted by Crippen LogP contribution is -2.23. The minimum atomic E-state index is -0.419. The summed E-state index contributed by atoms with van der Waals surface area (Å²) in [5.74, 6) is 0.469. The van der Waals surface area contributed by atoms with Crippen LogP contribution in [0.4, 0.5) is 10.7 Å². The van der Waals surface area contributed by atoms with E-state index in [2.05, 4.69) is 10.6 Å². The van der Waals surface area contributed by atoms with Gasteiger partial charge in [0, 0.05) is 17.0 Å². The highest BCUT2D eigenvalue weighted by molar-refractivity contribution is 7.17. The van der Waals surface area contributed by atoms with Crippen molar-refractivity contribution in [1.82, 2.24) is 0 Å². The maximum Gasteiger partial charge on any atom is 0.341 e. The molecule has 1 amide bonds. The van der Waals surface area contributed by atoms with Crippen molar-refractivity contribution in [2.75, 3.05) is 37.5 Å². The van der Waals surface area contributed by atoms with Crippen molar-refractivity contribution in [3.63, 3.8) is 0 Å². The second kappa shape index (κ2) is 7.89. The van der Waals surface area contributed by atoms with Crippen molar-refractivity contribution in [3.05, 3.63) is 33.2 Å². The average Bonchev–Trinajstić information content (AvgIpc) is 3.26. The fourth-order valence-corrected chi connectivity index (χ4v) is 4.87. The molecule has 1 aromatic heterocycles. The predicted octanol–water partition coefficient (Wildman–Crippen LogP) is 3.50. The fourth-order valence-electron chi connectivity index (χ4n) is 3.36. The lowest BCUT2D eigenvalue weighted by Gasteiger charge is -2.20. The molecule has 9 heteroatoms. The van der Waals surface area contributed by atoms with Crippen molar-refractivity contribution in [2.24, 2.45) is 0 Å². The van der Waals surface area contributed by atoms with E-state index < -0.39 is 5.97 Å². The maximum absolute atomic E-state index is 12.5. The van der Waals surface area contributed by atoms with Gasteiger partial charge >= 0.3 is 5.97 Å². The van der Waals surface area contributed by atoms with Crippen LogP contribution in [0.25, 0.3) is 0 Å². The number of halogens is 1. The Balaban J connectivity index is 1.45. The average molecular weight is 423 g/mol. The Morgan fingerprint density at radius 3 is 2.71 bits per heavy atom. The molecule has 2 heterocycles. The molecule has 1 aromatic carbocycles. The van der Waals surface area contributed by atoms with Gasteiger partial charge in [0.25, 0.3) is 0 Å². The number of ether oxygens (including phenoxy) is 3. The molecule has 1 aliphatic heterocycles. The summed E-state index contributed by atoms with van der Waals surface area (Å²) >= 11 is 7.69. The molecule has 0 fully saturated rings. The molecule has 0 spiro atoms. The number of carbonyl (C=O) groups is 2. The number of methoxy groups -OCH3 is 1. The highest BCUT2D eigenvalue weighted by Crippen LogP contribution is 2.40. The van der Waals surface area contributed by atoms with Crippen LogP contribution in [0, 0.1) is 0 Å². The Bertz CT molecular complexity index is 943. The zero-order valence-corrected chi connectivity index (χ0v) is 16.8. The van der Waals surface area contributed by atoms with Gasteiger partial charge < -0.3 is 24.8 Å². The number of nitrogens with one attached hydrogen (secondary N) is 2. The maximum atomic E-state index is 12.5. The molecule has 7 nitrogen and oxygen atoms in total. The quantitative estimate of drug-likeness (QED) is 0.717. The molecule has 0 saturated heterocycles. The van der Waals surface area contributed by atoms with Gasteiger partial charge in [-0.25, -0.2) is 4.79 Å². The number of aryl methyl sites for hydroxylation is 1. The number of carbonyl (C=O) groups excluding carboxylic acids is 2. The highest BCUT2D eigenvalue weighted by atomic mass is 35.5. The molecular weight excluding hydrogens is 404 g/mol. The number of anilines is 2. The number of hydrogen-bond acceptors (Lipinski definition) is 7. The van der Waals surface area contributed by atoms with Gasteiger partial charge in [-0.05, 0) is 24.8 Å². The summed E-state index contributed by atoms with van der Waals surface area (Å²) in [6.07, 6.45) is 2.77. The van der Waals surface area contributed by atoms with Crippen molar-refractivity contribution in [3.8, 4) is 11.5 Å². The lowest BCUT2D eigenvalue weighted by atomic mass is 10.1. The first-order valence-corrected chi connectivity index (χ1v) is 10.1. The van der Waals surface area contributed by atoms with Gasteiger partial charge in [-0.15, -0.1) is 11.3 Å². The number of thiophene rings is 1. The molecular formula is C19H19ClN2O5S. The molecule has 0 unspecified atom stereocenters. The van der Waals surface area contributed by atoms with Gasteiger partial charge in [0.05, 0.1) is 29.9 Å². The molecule has 2 aromatic rings. The molecule has 28 heavy (non-hydrogen) atoms. The summed E-state index contributed by atoms with van der Waals surface area (Å²) < 4.78 is 15.9. The summed E-state index contributed by atoms with van der Waals surface area (Å²) in [5, 5.41) is 6.80. The van der Waals surface area contributed by atoms with Crippen LogP contribution in [0.3, 0.4) is 0 Å². The second-order valence-corrected chi connectivity index (χ2v) is 7.94. The number of hydrogen-bond donors (Lipinski definition) is 2. The largest absolute Gasteiger partial charge is 0.486 e. The van der Waals surface area contributed by atoms with E-state index in [-0.39, 0.29) is 12.5 Å². The summed E-state index contributed by atoms with van der Waals surface area (Å²) in [6, 6.07) is 3.37. The van der Waals surface area contributed by atoms with Crippen LogP contribution < -0.4 is 20.1 Å². The van der Waals surface area contributed by atoms with E-state index in [1.807, 2.05) is 0 Å². The van der Waals surface area contributed by atoms with E-state index in [1.54, 1.807) is 12.1 Å². The number of fused-ring (bicyclic) bond motifs is 2. The van der Waals surface area contributed by atoms with E-state index in [4.69, 9.17) is 25.8 Å². The Labute approximate surface area is 170 Å². The minimum absolute atomic E-state index is 0.0114. The van der Waals surface area contributed by atoms with E-state index in [0.717, 1.165) is 29.7 Å². The zero-order chi connectivity index (χ0) is 19.7. The monoisotopic (exact) mass is 422 g/mol. The molecule has 2 N–H and O–H groups in total. The predicted molar refractivity (Wildman–Crippen MR) is 107 cm³/mol. The molecule has 148 valence electrons. The molecule has 0 saturated carbocycles. The summed E-state index contributed by atoms with van der Waals surface area (Å²) in [5.41, 5.74) is 2.05. The molecule has 0 radical (unpaired) electrons. The Morgan fingerprint density at radius 2 is 1.96 bits per heavy atom. The van der Waals surface area contributed by atoms with Gasteiger partial charge in [-0.1, -0.05) is 11.6 Å². The molecule has 0 bridgehead atoms. The van der Waals surface area contributed by atoms with Crippen molar-refractivity contribution in [1.29, 1.82) is 0 Å². The van der Waals surface area contributed by atoms with Gasteiger partial charge in [0.2, 0.25) is 5.91 Å². The van der Waals surface area contributed by atoms with Gasteiger partial charge in [-0.2, -0.15) is 0 Å². The topological polar surface area (TPSA) is 85.9 Å². The number of amides is 1. The van der Waals surface area contributed by atoms with Crippen molar-refractivity contribution in [2.45, 2.75) is 19.3 Å². The summed E-state index contributed by atoms with van der Waals surface area (Å²) in [6.45, 7) is 0.933. The molecule has 1 aliphatic carbocycles. The van der Waals surface area contributed by atoms with Gasteiger partial charge in [0.1, 0.15) is 18.2 Å². The highest BCUT2D eigenvalue weighted by Gasteiger charge is 2.28. The molecule has 0 atom stereocenters. The van der Waals surface area contributed by atoms with Gasteiger partial charge in [-0.3, -0.25) is 4.79 Å². The van der Waals surface area contributed by atoms with Crippen LogP contribution in [-0.4, -0.2) is 38.7 Å². The Kier molecular flexibility index (Phi) is 5.32. The first kappa shape index (κ1) is 18.9. The third-order valence-corrected chi connectivity index (χ3v) is 6.15. The number of esters is 1. The van der Waals surface area contributed by atoms with Gasteiger partial charge in [0.15, 0.2) is 11.5 Å². The zero-order valence-electron chi connectivity index (χ0n) is 15.2. The third kappa shape index (κ3) is 3.62. The Hall–Kier alpha value is -2.45. The van der Waals surface area contributed by atoms with E-state index in [9.17, 15) is 9.59 Å². The first-order chi connectivity index (χ1) is 13.6. The summed E-state index contributed by atoms with van der Waals surface area (Å²) in [4.78, 5) is 25.8. The van der Waals surface area contributed by atoms with Crippen LogP contribution in [0.15, 0.2) is 12.1 Å². The number of benzene rings is 1. The van der Waals surface area contributed by atoms with Crippen molar-refractivity contribution < 1.29 is 23.8 Å². The standard InChI is InChI=1S/C19H19ClN2O5S/c1-25-19(24)17-10-3-2-4-15(10)28-18(17)22-16(23)9-21-12-8-14-13(7-11(12)20)26-5-6-27-14/h7-8,21H,2-6,9H2,1H3,(H,22,23). The molecule has 4 rings (SSSR count). The third-order valence-electron chi connectivity index (χ3n) is 4.64. The van der Waals surface area contributed by atoms with E-state index in [0.29, 0.717) is 46.0 Å². The first-order valence-electron chi connectivity index (χ1n) is 8.92. The Morgan fingerprint density at radius 1 is 1.21 bits per heavy atom. The van der Waals surface area contributed by atoms with Crippen LogP contribution >= 0.6 is 22.9 Å². The second-order valence-electron chi connectivity index (χ2n) is 6.43. The smallest absolute Gasteiger partial charge is 0.341 e. The SMILES string of the molecule is COC(=O)c1c(NC(=O)CNc2cc3c(cc2Cl)OCCO3)sc2c1CCC2. The van der Waals surface area contributed by atoms with E-state index in [1.165, 1.54) is 18.4 Å². The van der Waals surface area contributed by atoms with Crippen LogP contribution in [0.2, 0.25) is 5.02 Å². The van der Waals surface area contributed by atoms with Crippen LogP contribution in [-0.2, 0) is 22.4 Å². The lowest BCUT2D eigenvalue weighted by molar-refractivity contribution is -0.114. The van der Waals surface area contributed by atoms with Crippen LogP contribution in [0.5, 0.6) is 11.5 Å². The van der Waals surface area contributed by atoms with E-state index >= 15 is 0 Å². The fraction of sp³-hybridized carbons (Fsp3) is 0.368. The normalized spacial score (nSPS) is 14.4. The number of rotatable bonds is 5. The molecule has 2 aliphatic rings. The minimum Gasteiger partial charge on any atom is -0.486 e. The van der Waals surface area contributed by atoms with Crippen molar-refractivity contribution >= 4 is 45.5 Å². The summed E-state index contributed by atoms with van der Waals surface area (Å²) in [7, 11) is 1.35. The van der Waals surface area contributed by atoms with Crippen LogP contribution in [0.1, 0.15) is 27.2 Å².